The van der Waals surface area contributed by atoms with E-state index in [-0.39, 0.29) is 12.8 Å². The first-order valence-corrected chi connectivity index (χ1v) is 3.54. The van der Waals surface area contributed by atoms with Gasteiger partial charge in [-0.3, -0.25) is 9.59 Å². The minimum atomic E-state index is -1.03. The van der Waals surface area contributed by atoms with Gasteiger partial charge in [0, 0.05) is 6.42 Å². The average molecular weight is 211 g/mol. The second kappa shape index (κ2) is 4.27. The smallest absolute Gasteiger partial charge is 0.317 e. The third-order valence-corrected chi connectivity index (χ3v) is 1.73. The molecule has 58 valence electrons. The number of halogens is 1. The standard InChI is InChI=1S/C5H7BrO4/c6-3(5(9)10)1-2-4(7)8/h3H,1-2H2,(H,7,8)(H,9,10). The lowest BCUT2D eigenvalue weighted by Crippen LogP contribution is -2.13. The van der Waals surface area contributed by atoms with E-state index >= 15 is 0 Å². The van der Waals surface area contributed by atoms with E-state index in [1.165, 1.54) is 0 Å². The first-order chi connectivity index (χ1) is 4.54. The Morgan fingerprint density at radius 1 is 1.40 bits per heavy atom. The number of alkyl halides is 1. The van der Waals surface area contributed by atoms with Crippen molar-refractivity contribution in [3.8, 4) is 0 Å². The quantitative estimate of drug-likeness (QED) is 0.671. The lowest BCUT2D eigenvalue weighted by Gasteiger charge is -1.99. The highest BCUT2D eigenvalue weighted by Crippen LogP contribution is 2.07. The largest absolute Gasteiger partial charge is 0.481 e. The van der Waals surface area contributed by atoms with Crippen molar-refractivity contribution in [2.75, 3.05) is 0 Å². The van der Waals surface area contributed by atoms with Crippen LogP contribution in [0.4, 0.5) is 0 Å². The summed E-state index contributed by atoms with van der Waals surface area (Å²) in [5, 5.41) is 16.4. The van der Waals surface area contributed by atoms with Crippen LogP contribution in [0.3, 0.4) is 0 Å². The summed E-state index contributed by atoms with van der Waals surface area (Å²) in [6.45, 7) is 0. The van der Waals surface area contributed by atoms with Gasteiger partial charge in [0.1, 0.15) is 4.83 Å². The molecule has 0 aliphatic heterocycles. The van der Waals surface area contributed by atoms with Crippen molar-refractivity contribution in [1.82, 2.24) is 0 Å². The summed E-state index contributed by atoms with van der Waals surface area (Å²) < 4.78 is 0. The van der Waals surface area contributed by atoms with E-state index < -0.39 is 16.8 Å². The first kappa shape index (κ1) is 9.42. The summed E-state index contributed by atoms with van der Waals surface area (Å²) in [5.41, 5.74) is 0. The second-order valence-corrected chi connectivity index (χ2v) is 2.84. The first-order valence-electron chi connectivity index (χ1n) is 2.62. The molecular weight excluding hydrogens is 204 g/mol. The molecule has 0 heterocycles. The normalized spacial score (nSPS) is 12.5. The number of rotatable bonds is 4. The predicted octanol–water partition coefficient (Wildman–Crippen LogP) is 0.699. The monoisotopic (exact) mass is 210 g/mol. The van der Waals surface area contributed by atoms with Gasteiger partial charge in [0.05, 0.1) is 0 Å². The van der Waals surface area contributed by atoms with Gasteiger partial charge in [-0.25, -0.2) is 0 Å². The van der Waals surface area contributed by atoms with Crippen molar-refractivity contribution in [2.45, 2.75) is 17.7 Å². The maximum atomic E-state index is 10.1. The Morgan fingerprint density at radius 2 is 1.90 bits per heavy atom. The Morgan fingerprint density at radius 3 is 2.20 bits per heavy atom. The van der Waals surface area contributed by atoms with E-state index in [9.17, 15) is 9.59 Å². The number of carboxylic acids is 2. The number of carbonyl (C=O) groups is 2. The van der Waals surface area contributed by atoms with Crippen molar-refractivity contribution in [3.63, 3.8) is 0 Å². The van der Waals surface area contributed by atoms with E-state index in [0.29, 0.717) is 0 Å². The molecule has 0 aromatic heterocycles. The summed E-state index contributed by atoms with van der Waals surface area (Å²) in [7, 11) is 0. The fourth-order valence-electron chi connectivity index (χ4n) is 0.374. The maximum absolute atomic E-state index is 10.1. The second-order valence-electron chi connectivity index (χ2n) is 1.74. The molecule has 10 heavy (non-hydrogen) atoms. The van der Waals surface area contributed by atoms with Crippen molar-refractivity contribution in [1.29, 1.82) is 0 Å². The number of aliphatic carboxylic acids is 2. The fourth-order valence-corrected chi connectivity index (χ4v) is 0.603. The van der Waals surface area contributed by atoms with Gasteiger partial charge in [0.2, 0.25) is 0 Å². The van der Waals surface area contributed by atoms with Gasteiger partial charge in [-0.15, -0.1) is 0 Å². The molecule has 0 aromatic carbocycles. The Hall–Kier alpha value is -0.580. The van der Waals surface area contributed by atoms with Gasteiger partial charge in [-0.1, -0.05) is 15.9 Å². The van der Waals surface area contributed by atoms with Crippen LogP contribution < -0.4 is 0 Å². The molecule has 1 atom stereocenters. The third kappa shape index (κ3) is 4.31. The minimum absolute atomic E-state index is 0.116. The van der Waals surface area contributed by atoms with Crippen LogP contribution in [0.15, 0.2) is 0 Å². The van der Waals surface area contributed by atoms with Crippen molar-refractivity contribution >= 4 is 27.9 Å². The molecule has 0 fully saturated rings. The van der Waals surface area contributed by atoms with E-state index in [1.54, 1.807) is 0 Å². The van der Waals surface area contributed by atoms with E-state index in [2.05, 4.69) is 15.9 Å². The fraction of sp³-hybridized carbons (Fsp3) is 0.600. The molecular formula is C5H7BrO4. The molecule has 0 bridgehead atoms. The zero-order valence-electron chi connectivity index (χ0n) is 5.08. The van der Waals surface area contributed by atoms with E-state index in [0.717, 1.165) is 0 Å². The molecule has 0 saturated carbocycles. The van der Waals surface area contributed by atoms with Crippen molar-refractivity contribution < 1.29 is 19.8 Å². The summed E-state index contributed by atoms with van der Waals surface area (Å²) in [6, 6.07) is 0. The van der Waals surface area contributed by atoms with Crippen LogP contribution in [-0.4, -0.2) is 27.0 Å². The molecule has 4 nitrogen and oxygen atoms in total. The molecule has 0 rings (SSSR count). The van der Waals surface area contributed by atoms with E-state index in [4.69, 9.17) is 10.2 Å². The van der Waals surface area contributed by atoms with Crippen LogP contribution in [0.1, 0.15) is 12.8 Å². The Labute approximate surface area is 66.0 Å². The van der Waals surface area contributed by atoms with Gasteiger partial charge in [0.15, 0.2) is 0 Å². The average Bonchev–Trinajstić information content (AvgIpc) is 1.82. The topological polar surface area (TPSA) is 74.6 Å². The van der Waals surface area contributed by atoms with Crippen molar-refractivity contribution in [2.24, 2.45) is 0 Å². The van der Waals surface area contributed by atoms with Crippen LogP contribution >= 0.6 is 15.9 Å². The molecule has 0 spiro atoms. The molecule has 0 amide bonds. The van der Waals surface area contributed by atoms with Gasteiger partial charge in [-0.2, -0.15) is 0 Å². The summed E-state index contributed by atoms with van der Waals surface area (Å²) in [5.74, 6) is -2.01. The Bertz CT molecular complexity index is 145. The maximum Gasteiger partial charge on any atom is 0.317 e. The van der Waals surface area contributed by atoms with Crippen LogP contribution in [-0.2, 0) is 9.59 Å². The summed E-state index contributed by atoms with van der Waals surface area (Å²) >= 11 is 2.81. The van der Waals surface area contributed by atoms with Gasteiger partial charge in [-0.05, 0) is 6.42 Å². The highest BCUT2D eigenvalue weighted by atomic mass is 79.9. The highest BCUT2D eigenvalue weighted by Gasteiger charge is 2.13. The van der Waals surface area contributed by atoms with Gasteiger partial charge < -0.3 is 10.2 Å². The lowest BCUT2D eigenvalue weighted by molar-refractivity contribution is -0.138. The van der Waals surface area contributed by atoms with Gasteiger partial charge in [0.25, 0.3) is 0 Å². The number of hydrogen-bond acceptors (Lipinski definition) is 2. The Kier molecular flexibility index (Phi) is 4.02. The molecule has 0 aliphatic carbocycles. The SMILES string of the molecule is O=C(O)CCC(Br)C(=O)O. The predicted molar refractivity (Wildman–Crippen MR) is 37.2 cm³/mol. The number of hydrogen-bond donors (Lipinski definition) is 2. The minimum Gasteiger partial charge on any atom is -0.481 e. The highest BCUT2D eigenvalue weighted by molar-refractivity contribution is 9.10. The van der Waals surface area contributed by atoms with Gasteiger partial charge >= 0.3 is 11.9 Å². The third-order valence-electron chi connectivity index (χ3n) is 0.880. The molecule has 2 N–H and O–H groups in total. The van der Waals surface area contributed by atoms with Crippen LogP contribution in [0, 0.1) is 0 Å². The molecule has 0 saturated heterocycles. The molecule has 0 aliphatic rings. The number of carboxylic acid groups (broad SMARTS) is 2. The zero-order chi connectivity index (χ0) is 8.15. The molecule has 5 heteroatoms. The van der Waals surface area contributed by atoms with Crippen molar-refractivity contribution in [3.05, 3.63) is 0 Å². The molecule has 0 radical (unpaired) electrons. The molecule has 1 unspecified atom stereocenters. The summed E-state index contributed by atoms with van der Waals surface area (Å²) in [4.78, 5) is 19.2. The lowest BCUT2D eigenvalue weighted by atomic mass is 10.2. The summed E-state index contributed by atoms with van der Waals surface area (Å²) in [6.07, 6.45) is -0.00706. The Balaban J connectivity index is 3.49. The van der Waals surface area contributed by atoms with Crippen LogP contribution in [0.25, 0.3) is 0 Å². The van der Waals surface area contributed by atoms with Crippen LogP contribution in [0.2, 0.25) is 0 Å². The van der Waals surface area contributed by atoms with Crippen LogP contribution in [0.5, 0.6) is 0 Å². The van der Waals surface area contributed by atoms with E-state index in [1.807, 2.05) is 0 Å². The zero-order valence-corrected chi connectivity index (χ0v) is 6.67. The molecule has 0 aromatic rings.